The first-order chi connectivity index (χ1) is 21.5. The number of hydrazine groups is 1. The summed E-state index contributed by atoms with van der Waals surface area (Å²) in [6.07, 6.45) is 0.848. The lowest BCUT2D eigenvalue weighted by Crippen LogP contribution is -2.76. The first-order valence-corrected chi connectivity index (χ1v) is 15.8. The number of phosphoric acid groups is 1. The number of hydrogen-bond acceptors (Lipinski definition) is 7. The van der Waals surface area contributed by atoms with Crippen molar-refractivity contribution in [3.05, 3.63) is 108 Å². The molecule has 5 rings (SSSR count). The van der Waals surface area contributed by atoms with Gasteiger partial charge in [-0.15, -0.1) is 6.58 Å². The number of amides is 4. The largest absolute Gasteiger partial charge is 0.524 e. The summed E-state index contributed by atoms with van der Waals surface area (Å²) in [7, 11) is -4.75. The smallest absolute Gasteiger partial charge is 0.404 e. The molecule has 0 spiro atoms. The molecule has 236 valence electrons. The molecular weight excluding hydrogens is 599 g/mol. The summed E-state index contributed by atoms with van der Waals surface area (Å²) in [4.78, 5) is 63.0. The molecule has 3 aromatic rings. The quantitative estimate of drug-likeness (QED) is 0.149. The van der Waals surface area contributed by atoms with Crippen molar-refractivity contribution in [3.8, 4) is 5.75 Å². The standard InChI is InChI=1S/C31H35N6O7P/c1-2-16-35-21-29(38)36-27(17-22-12-14-25(15-13-22)44-45(41,42)43)30(39)34(19-24-10-6-7-11-26(24)32)20-28(36)37(35)31(40)33-18-23-8-4-3-5-9-23/h2-15,27-28H,1,16-21,32H2,(H,33,40)(H2,41,42,43)/t27-,28-/m0/s1. The highest BCUT2D eigenvalue weighted by Crippen LogP contribution is 2.37. The van der Waals surface area contributed by atoms with Gasteiger partial charge in [-0.05, 0) is 34.9 Å². The van der Waals surface area contributed by atoms with Gasteiger partial charge in [0.15, 0.2) is 0 Å². The molecule has 0 aromatic heterocycles. The molecule has 2 aliphatic rings. The van der Waals surface area contributed by atoms with E-state index >= 15 is 0 Å². The molecule has 13 nitrogen and oxygen atoms in total. The second-order valence-electron chi connectivity index (χ2n) is 10.8. The van der Waals surface area contributed by atoms with Crippen LogP contribution in [0.5, 0.6) is 5.75 Å². The molecule has 45 heavy (non-hydrogen) atoms. The van der Waals surface area contributed by atoms with E-state index in [9.17, 15) is 18.9 Å². The van der Waals surface area contributed by atoms with Gasteiger partial charge in [0.2, 0.25) is 11.8 Å². The third kappa shape index (κ3) is 7.52. The number of piperazine rings is 1. The van der Waals surface area contributed by atoms with Crippen molar-refractivity contribution in [1.29, 1.82) is 0 Å². The SMILES string of the molecule is C=CCN1CC(=O)N2[C@@H](Cc3ccc(OP(=O)(O)O)cc3)C(=O)N(Cc3ccccc3N)C[C@@H]2N1C(=O)NCc1ccccc1. The summed E-state index contributed by atoms with van der Waals surface area (Å²) < 4.78 is 15.9. The first kappa shape index (κ1) is 31.7. The second-order valence-corrected chi connectivity index (χ2v) is 11.9. The number of phosphoric ester groups is 1. The molecule has 0 saturated carbocycles. The molecule has 2 fully saturated rings. The van der Waals surface area contributed by atoms with Gasteiger partial charge >= 0.3 is 13.9 Å². The fourth-order valence-corrected chi connectivity index (χ4v) is 6.03. The number of nitrogens with zero attached hydrogens (tertiary/aromatic N) is 4. The van der Waals surface area contributed by atoms with Gasteiger partial charge in [-0.25, -0.2) is 19.4 Å². The number of fused-ring (bicyclic) bond motifs is 1. The van der Waals surface area contributed by atoms with Gasteiger partial charge in [0.1, 0.15) is 18.0 Å². The van der Waals surface area contributed by atoms with E-state index in [4.69, 9.17) is 15.5 Å². The topological polar surface area (TPSA) is 169 Å². The summed E-state index contributed by atoms with van der Waals surface area (Å²) in [5, 5.41) is 6.06. The second kappa shape index (κ2) is 13.5. The van der Waals surface area contributed by atoms with Crippen LogP contribution in [0.2, 0.25) is 0 Å². The zero-order chi connectivity index (χ0) is 32.1. The Labute approximate surface area is 260 Å². The summed E-state index contributed by atoms with van der Waals surface area (Å²) >= 11 is 0. The molecule has 2 heterocycles. The third-order valence-corrected chi connectivity index (χ3v) is 8.11. The average Bonchev–Trinajstić information content (AvgIpc) is 3.00. The van der Waals surface area contributed by atoms with Crippen LogP contribution in [-0.4, -0.2) is 79.3 Å². The zero-order valence-corrected chi connectivity index (χ0v) is 25.3. The first-order valence-electron chi connectivity index (χ1n) is 14.3. The Morgan fingerprint density at radius 1 is 1.02 bits per heavy atom. The van der Waals surface area contributed by atoms with Crippen LogP contribution in [-0.2, 0) is 33.7 Å². The highest BCUT2D eigenvalue weighted by molar-refractivity contribution is 7.46. The molecule has 2 aliphatic heterocycles. The summed E-state index contributed by atoms with van der Waals surface area (Å²) in [5.74, 6) is -0.690. The Morgan fingerprint density at radius 3 is 2.38 bits per heavy atom. The number of benzene rings is 3. The minimum atomic E-state index is -4.75. The molecule has 2 atom stereocenters. The Kier molecular flexibility index (Phi) is 9.54. The van der Waals surface area contributed by atoms with E-state index in [2.05, 4.69) is 16.4 Å². The molecular formula is C31H35N6O7P. The van der Waals surface area contributed by atoms with Gasteiger partial charge in [0, 0.05) is 31.7 Å². The summed E-state index contributed by atoms with van der Waals surface area (Å²) in [5.41, 5.74) is 8.97. The summed E-state index contributed by atoms with van der Waals surface area (Å²) in [6.45, 7) is 4.34. The predicted molar refractivity (Wildman–Crippen MR) is 166 cm³/mol. The van der Waals surface area contributed by atoms with E-state index in [1.165, 1.54) is 22.0 Å². The average molecular weight is 635 g/mol. The normalized spacial score (nSPS) is 18.8. The van der Waals surface area contributed by atoms with Gasteiger partial charge in [-0.1, -0.05) is 66.7 Å². The predicted octanol–water partition coefficient (Wildman–Crippen LogP) is 2.48. The molecule has 0 aliphatic carbocycles. The van der Waals surface area contributed by atoms with Crippen LogP contribution in [0.1, 0.15) is 16.7 Å². The number of carbonyl (C=O) groups is 3. The number of nitrogens with two attached hydrogens (primary N) is 1. The van der Waals surface area contributed by atoms with Crippen LogP contribution >= 0.6 is 7.82 Å². The minimum Gasteiger partial charge on any atom is -0.404 e. The number of hydrogen-bond donors (Lipinski definition) is 4. The number of para-hydroxylation sites is 1. The van der Waals surface area contributed by atoms with Crippen LogP contribution in [0.3, 0.4) is 0 Å². The van der Waals surface area contributed by atoms with Crippen LogP contribution in [0, 0.1) is 0 Å². The van der Waals surface area contributed by atoms with Crippen LogP contribution in [0.15, 0.2) is 91.5 Å². The van der Waals surface area contributed by atoms with E-state index in [0.717, 1.165) is 11.1 Å². The number of nitrogens with one attached hydrogen (secondary N) is 1. The maximum Gasteiger partial charge on any atom is 0.524 e. The highest BCUT2D eigenvalue weighted by atomic mass is 31.2. The van der Waals surface area contributed by atoms with Crippen LogP contribution in [0.25, 0.3) is 0 Å². The molecule has 14 heteroatoms. The Bertz CT molecular complexity index is 1600. The highest BCUT2D eigenvalue weighted by Gasteiger charge is 2.51. The third-order valence-electron chi connectivity index (χ3n) is 7.66. The van der Waals surface area contributed by atoms with E-state index in [1.54, 1.807) is 40.3 Å². The van der Waals surface area contributed by atoms with Crippen molar-refractivity contribution in [2.45, 2.75) is 31.7 Å². The van der Waals surface area contributed by atoms with Crippen molar-refractivity contribution in [1.82, 2.24) is 25.1 Å². The van der Waals surface area contributed by atoms with Gasteiger partial charge in [-0.2, -0.15) is 0 Å². The molecule has 3 aromatic carbocycles. The molecule has 0 unspecified atom stereocenters. The van der Waals surface area contributed by atoms with Gasteiger partial charge in [0.05, 0.1) is 13.1 Å². The molecule has 0 radical (unpaired) electrons. The van der Waals surface area contributed by atoms with Crippen molar-refractivity contribution in [3.63, 3.8) is 0 Å². The Morgan fingerprint density at radius 2 is 1.71 bits per heavy atom. The number of rotatable bonds is 10. The van der Waals surface area contributed by atoms with Gasteiger partial charge in [-0.3, -0.25) is 19.4 Å². The lowest BCUT2D eigenvalue weighted by molar-refractivity contribution is -0.189. The lowest BCUT2D eigenvalue weighted by atomic mass is 9.98. The fourth-order valence-electron chi connectivity index (χ4n) is 5.63. The van der Waals surface area contributed by atoms with Crippen LogP contribution in [0.4, 0.5) is 10.5 Å². The Balaban J connectivity index is 1.48. The van der Waals surface area contributed by atoms with Gasteiger partial charge < -0.3 is 25.4 Å². The van der Waals surface area contributed by atoms with E-state index in [1.807, 2.05) is 42.5 Å². The maximum atomic E-state index is 14.1. The molecule has 0 bridgehead atoms. The Hall–Kier alpha value is -4.68. The van der Waals surface area contributed by atoms with Crippen molar-refractivity contribution >= 4 is 31.4 Å². The minimum absolute atomic E-state index is 0.0386. The summed E-state index contributed by atoms with van der Waals surface area (Å²) in [6, 6.07) is 21.1. The zero-order valence-electron chi connectivity index (χ0n) is 24.4. The van der Waals surface area contributed by atoms with Crippen molar-refractivity contribution in [2.24, 2.45) is 0 Å². The number of nitrogen functional groups attached to an aromatic ring is 1. The van der Waals surface area contributed by atoms with Crippen molar-refractivity contribution in [2.75, 3.05) is 25.4 Å². The maximum absolute atomic E-state index is 14.1. The lowest BCUT2D eigenvalue weighted by Gasteiger charge is -2.55. The van der Waals surface area contributed by atoms with Crippen LogP contribution < -0.4 is 15.6 Å². The van der Waals surface area contributed by atoms with Gasteiger partial charge in [0.25, 0.3) is 0 Å². The number of anilines is 1. The van der Waals surface area contributed by atoms with E-state index in [-0.39, 0.29) is 56.7 Å². The number of urea groups is 1. The van der Waals surface area contributed by atoms with E-state index < -0.39 is 26.1 Å². The van der Waals surface area contributed by atoms with Crippen molar-refractivity contribution < 1.29 is 33.3 Å². The molecule has 5 N–H and O–H groups in total. The fraction of sp³-hybridized carbons (Fsp3) is 0.258. The monoisotopic (exact) mass is 634 g/mol. The van der Waals surface area contributed by atoms with E-state index in [0.29, 0.717) is 11.3 Å². The molecule has 2 saturated heterocycles. The number of carbonyl (C=O) groups excluding carboxylic acids is 3. The molecule has 4 amide bonds.